The number of rotatable bonds is 8. The van der Waals surface area contributed by atoms with Crippen molar-refractivity contribution in [1.82, 2.24) is 10.2 Å². The zero-order valence-electron chi connectivity index (χ0n) is 21.3. The molecule has 1 aliphatic heterocycles. The first-order valence-corrected chi connectivity index (χ1v) is 12.3. The molecule has 0 saturated carbocycles. The van der Waals surface area contributed by atoms with E-state index >= 15 is 0 Å². The summed E-state index contributed by atoms with van der Waals surface area (Å²) < 4.78 is 5.61. The molecular formula is C29H31N3O6. The maximum absolute atomic E-state index is 13.2. The third-order valence-electron chi connectivity index (χ3n) is 6.74. The van der Waals surface area contributed by atoms with Gasteiger partial charge >= 0.3 is 5.97 Å². The van der Waals surface area contributed by atoms with Gasteiger partial charge in [-0.3, -0.25) is 14.5 Å². The lowest BCUT2D eigenvalue weighted by Gasteiger charge is -2.35. The lowest BCUT2D eigenvalue weighted by molar-refractivity contribution is -0.133. The van der Waals surface area contributed by atoms with Gasteiger partial charge in [0.1, 0.15) is 11.8 Å². The molecule has 0 bridgehead atoms. The Hall–Kier alpha value is -4.21. The number of carbonyl (C=O) groups excluding carboxylic acids is 2. The van der Waals surface area contributed by atoms with Gasteiger partial charge in [-0.25, -0.2) is 4.79 Å². The van der Waals surface area contributed by atoms with Crippen molar-refractivity contribution in [3.8, 4) is 16.9 Å². The highest BCUT2D eigenvalue weighted by molar-refractivity contribution is 5.93. The van der Waals surface area contributed by atoms with Crippen LogP contribution in [0.25, 0.3) is 11.1 Å². The highest BCUT2D eigenvalue weighted by Gasteiger charge is 2.30. The second kappa shape index (κ2) is 11.5. The van der Waals surface area contributed by atoms with Crippen molar-refractivity contribution in [2.24, 2.45) is 5.73 Å². The molecule has 9 heteroatoms. The van der Waals surface area contributed by atoms with Crippen LogP contribution in [0.4, 0.5) is 0 Å². The van der Waals surface area contributed by atoms with E-state index in [1.807, 2.05) is 30.9 Å². The Bertz CT molecular complexity index is 1350. The Balaban J connectivity index is 1.50. The summed E-state index contributed by atoms with van der Waals surface area (Å²) in [6, 6.07) is 16.0. The predicted octanol–water partition coefficient (Wildman–Crippen LogP) is 3.24. The van der Waals surface area contributed by atoms with E-state index in [1.54, 1.807) is 36.4 Å². The van der Waals surface area contributed by atoms with E-state index in [4.69, 9.17) is 15.6 Å². The summed E-state index contributed by atoms with van der Waals surface area (Å²) in [5, 5.41) is 22.6. The Morgan fingerprint density at radius 2 is 1.79 bits per heavy atom. The van der Waals surface area contributed by atoms with Gasteiger partial charge in [-0.2, -0.15) is 0 Å². The van der Waals surface area contributed by atoms with Crippen molar-refractivity contribution in [3.63, 3.8) is 0 Å². The van der Waals surface area contributed by atoms with Crippen LogP contribution >= 0.6 is 0 Å². The molecule has 198 valence electrons. The first-order valence-electron chi connectivity index (χ1n) is 12.3. The number of nitrogens with zero attached hydrogens (tertiary/aromatic N) is 1. The van der Waals surface area contributed by atoms with Gasteiger partial charge in [0.2, 0.25) is 11.8 Å². The molecule has 5 N–H and O–H groups in total. The Labute approximate surface area is 220 Å². The number of carboxylic acids is 1. The van der Waals surface area contributed by atoms with Gasteiger partial charge in [-0.1, -0.05) is 18.2 Å². The van der Waals surface area contributed by atoms with E-state index in [0.717, 1.165) is 27.8 Å². The number of nitrogens with two attached hydrogens (primary N) is 1. The number of nitrogens with one attached hydrogen (secondary N) is 1. The molecule has 1 saturated heterocycles. The maximum atomic E-state index is 13.2. The van der Waals surface area contributed by atoms with Gasteiger partial charge in [-0.15, -0.1) is 0 Å². The highest BCUT2D eigenvalue weighted by atomic mass is 16.5. The summed E-state index contributed by atoms with van der Waals surface area (Å²) in [4.78, 5) is 37.9. The molecule has 0 aromatic heterocycles. The fraction of sp³-hybridized carbons (Fsp3) is 0.276. The van der Waals surface area contributed by atoms with Gasteiger partial charge in [-0.05, 0) is 84.1 Å². The van der Waals surface area contributed by atoms with Gasteiger partial charge < -0.3 is 26.0 Å². The molecule has 38 heavy (non-hydrogen) atoms. The van der Waals surface area contributed by atoms with Gasteiger partial charge in [0.05, 0.1) is 24.8 Å². The molecule has 0 aliphatic carbocycles. The number of phenolic OH excluding ortho intramolecular Hbond substituents is 1. The number of aromatic carboxylic acids is 1. The number of phenols is 1. The number of hydrogen-bond acceptors (Lipinski definition) is 6. The van der Waals surface area contributed by atoms with E-state index in [0.29, 0.717) is 25.3 Å². The third kappa shape index (κ3) is 6.19. The molecule has 0 unspecified atom stereocenters. The zero-order chi connectivity index (χ0) is 27.4. The van der Waals surface area contributed by atoms with Crippen molar-refractivity contribution in [3.05, 3.63) is 88.5 Å². The van der Waals surface area contributed by atoms with Crippen molar-refractivity contribution < 1.29 is 29.3 Å². The Morgan fingerprint density at radius 1 is 1.08 bits per heavy atom. The largest absolute Gasteiger partial charge is 0.508 e. The van der Waals surface area contributed by atoms with E-state index in [-0.39, 0.29) is 29.9 Å². The van der Waals surface area contributed by atoms with Crippen LogP contribution < -0.4 is 11.1 Å². The summed E-state index contributed by atoms with van der Waals surface area (Å²) in [5.74, 6) is -1.60. The summed E-state index contributed by atoms with van der Waals surface area (Å²) in [5.41, 5.74) is 10.1. The minimum Gasteiger partial charge on any atom is -0.508 e. The van der Waals surface area contributed by atoms with Crippen molar-refractivity contribution in [2.45, 2.75) is 32.5 Å². The van der Waals surface area contributed by atoms with E-state index in [9.17, 15) is 19.5 Å². The van der Waals surface area contributed by atoms with Crippen LogP contribution in [0.2, 0.25) is 0 Å². The first-order chi connectivity index (χ1) is 18.1. The molecule has 1 heterocycles. The molecule has 0 radical (unpaired) electrons. The van der Waals surface area contributed by atoms with Crippen LogP contribution in [0.5, 0.6) is 5.75 Å². The van der Waals surface area contributed by atoms with E-state index in [1.165, 1.54) is 12.1 Å². The number of aromatic hydroxyl groups is 1. The average Bonchev–Trinajstić information content (AvgIpc) is 2.88. The summed E-state index contributed by atoms with van der Waals surface area (Å²) in [7, 11) is 0. The lowest BCUT2D eigenvalue weighted by Crippen LogP contribution is -2.53. The number of ether oxygens (including phenoxy) is 1. The monoisotopic (exact) mass is 517 g/mol. The number of carbonyl (C=O) groups is 3. The smallest absolute Gasteiger partial charge is 0.335 e. The van der Waals surface area contributed by atoms with Crippen LogP contribution in [0, 0.1) is 6.92 Å². The molecule has 2 atom stereocenters. The van der Waals surface area contributed by atoms with Crippen LogP contribution in [0.3, 0.4) is 0 Å². The summed E-state index contributed by atoms with van der Waals surface area (Å²) in [6.45, 7) is 5.39. The lowest BCUT2D eigenvalue weighted by atomic mass is 9.96. The third-order valence-corrected chi connectivity index (χ3v) is 6.74. The van der Waals surface area contributed by atoms with Crippen molar-refractivity contribution in [1.29, 1.82) is 0 Å². The molecular weight excluding hydrogens is 486 g/mol. The first kappa shape index (κ1) is 26.8. The van der Waals surface area contributed by atoms with Crippen LogP contribution in [0.15, 0.2) is 60.7 Å². The highest BCUT2D eigenvalue weighted by Crippen LogP contribution is 2.30. The molecule has 1 fully saturated rings. The fourth-order valence-electron chi connectivity index (χ4n) is 4.67. The number of carboxylic acid groups (broad SMARTS) is 1. The summed E-state index contributed by atoms with van der Waals surface area (Å²) in [6.07, 6.45) is 0. The molecule has 4 rings (SSSR count). The minimum atomic E-state index is -1.00. The molecule has 1 aliphatic rings. The molecule has 3 aromatic rings. The second-order valence-corrected chi connectivity index (χ2v) is 9.50. The molecule has 2 amide bonds. The van der Waals surface area contributed by atoms with Crippen molar-refractivity contribution >= 4 is 17.8 Å². The van der Waals surface area contributed by atoms with E-state index in [2.05, 4.69) is 5.32 Å². The maximum Gasteiger partial charge on any atom is 0.335 e. The van der Waals surface area contributed by atoms with Gasteiger partial charge in [0.15, 0.2) is 0 Å². The van der Waals surface area contributed by atoms with Crippen LogP contribution in [-0.4, -0.2) is 58.7 Å². The number of amides is 2. The Kier molecular flexibility index (Phi) is 8.09. The molecule has 3 aromatic carbocycles. The molecule has 9 nitrogen and oxygen atoms in total. The predicted molar refractivity (Wildman–Crippen MR) is 142 cm³/mol. The molecule has 0 spiro atoms. The van der Waals surface area contributed by atoms with Gasteiger partial charge in [0.25, 0.3) is 0 Å². The normalized spacial score (nSPS) is 16.5. The van der Waals surface area contributed by atoms with Crippen LogP contribution in [0.1, 0.15) is 50.4 Å². The minimum absolute atomic E-state index is 0.101. The SMILES string of the molecule is Cc1cc(C(N)=O)ccc1-c1cc(O)cc(CN2CCOC[C@H]2C(=O)N[C@@H](C)c2ccc(C(=O)O)cc2)c1. The number of hydrogen-bond donors (Lipinski definition) is 4. The average molecular weight is 518 g/mol. The topological polar surface area (TPSA) is 142 Å². The number of primary amides is 1. The fourth-order valence-corrected chi connectivity index (χ4v) is 4.67. The number of aryl methyl sites for hydroxylation is 1. The quantitative estimate of drug-likeness (QED) is 0.359. The van der Waals surface area contributed by atoms with Crippen molar-refractivity contribution in [2.75, 3.05) is 19.8 Å². The standard InChI is InChI=1S/C29H31N3O6/c1-17-11-22(27(30)34)7-8-25(17)23-12-19(13-24(33)14-23)15-32-9-10-38-16-26(32)28(35)31-18(2)20-3-5-21(6-4-20)29(36)37/h3-8,11-14,18,26,33H,9-10,15-16H2,1-2H3,(H2,30,34)(H,31,35)(H,36,37)/t18-,26-/m0/s1. The van der Waals surface area contributed by atoms with Crippen LogP contribution in [-0.2, 0) is 16.1 Å². The van der Waals surface area contributed by atoms with Gasteiger partial charge in [0, 0.05) is 18.7 Å². The zero-order valence-corrected chi connectivity index (χ0v) is 21.3. The summed E-state index contributed by atoms with van der Waals surface area (Å²) >= 11 is 0. The van der Waals surface area contributed by atoms with E-state index < -0.39 is 17.9 Å². The number of benzene rings is 3. The second-order valence-electron chi connectivity index (χ2n) is 9.50. The number of morpholine rings is 1. The Morgan fingerprint density at radius 3 is 2.45 bits per heavy atom.